The molecule has 0 bridgehead atoms. The molecule has 2 aliphatic carbocycles. The van der Waals surface area contributed by atoms with Gasteiger partial charge in [-0.3, -0.25) is 4.79 Å². The summed E-state index contributed by atoms with van der Waals surface area (Å²) in [6.07, 6.45) is 4.29. The Kier molecular flexibility index (Phi) is 3.32. The topological polar surface area (TPSA) is 44.8 Å². The molecule has 0 saturated heterocycles. The second-order valence-corrected chi connectivity index (χ2v) is 5.24. The SMILES string of the molecule is COc1cccc(OCC2CC2)c1OC(=O)C1CC1. The third kappa shape index (κ3) is 3.00. The Bertz CT molecular complexity index is 475. The first-order valence-electron chi connectivity index (χ1n) is 6.79. The van der Waals surface area contributed by atoms with Gasteiger partial charge in [0.1, 0.15) is 0 Å². The van der Waals surface area contributed by atoms with Crippen LogP contribution in [0.1, 0.15) is 25.7 Å². The molecular formula is C15H18O4. The molecule has 4 heteroatoms. The lowest BCUT2D eigenvalue weighted by Gasteiger charge is -2.14. The van der Waals surface area contributed by atoms with E-state index in [1.807, 2.05) is 12.1 Å². The van der Waals surface area contributed by atoms with Gasteiger partial charge in [-0.05, 0) is 43.7 Å². The first kappa shape index (κ1) is 12.3. The van der Waals surface area contributed by atoms with Crippen molar-refractivity contribution >= 4 is 5.97 Å². The molecule has 0 atom stereocenters. The van der Waals surface area contributed by atoms with Gasteiger partial charge in [-0.2, -0.15) is 0 Å². The molecule has 0 unspecified atom stereocenters. The lowest BCUT2D eigenvalue weighted by Crippen LogP contribution is -2.12. The van der Waals surface area contributed by atoms with Gasteiger partial charge < -0.3 is 14.2 Å². The van der Waals surface area contributed by atoms with Crippen LogP contribution in [0.3, 0.4) is 0 Å². The van der Waals surface area contributed by atoms with Crippen molar-refractivity contribution in [3.8, 4) is 17.2 Å². The molecule has 0 N–H and O–H groups in total. The van der Waals surface area contributed by atoms with Crippen molar-refractivity contribution in [2.45, 2.75) is 25.7 Å². The van der Waals surface area contributed by atoms with Crippen molar-refractivity contribution in [1.29, 1.82) is 0 Å². The fourth-order valence-corrected chi connectivity index (χ4v) is 1.87. The molecule has 0 aliphatic heterocycles. The van der Waals surface area contributed by atoms with Crippen LogP contribution in [0.5, 0.6) is 17.2 Å². The van der Waals surface area contributed by atoms with Crippen molar-refractivity contribution < 1.29 is 19.0 Å². The molecule has 0 spiro atoms. The van der Waals surface area contributed by atoms with Crippen LogP contribution in [-0.2, 0) is 4.79 Å². The van der Waals surface area contributed by atoms with Crippen LogP contribution in [0.4, 0.5) is 0 Å². The van der Waals surface area contributed by atoms with E-state index in [1.54, 1.807) is 13.2 Å². The lowest BCUT2D eigenvalue weighted by molar-refractivity contribution is -0.136. The fourth-order valence-electron chi connectivity index (χ4n) is 1.87. The Hall–Kier alpha value is -1.71. The van der Waals surface area contributed by atoms with Crippen LogP contribution in [0.2, 0.25) is 0 Å². The number of hydrogen-bond acceptors (Lipinski definition) is 4. The number of rotatable bonds is 6. The second-order valence-electron chi connectivity index (χ2n) is 5.24. The van der Waals surface area contributed by atoms with E-state index in [4.69, 9.17) is 14.2 Å². The zero-order valence-electron chi connectivity index (χ0n) is 11.1. The zero-order valence-corrected chi connectivity index (χ0v) is 11.1. The molecule has 0 radical (unpaired) electrons. The monoisotopic (exact) mass is 262 g/mol. The zero-order chi connectivity index (χ0) is 13.2. The summed E-state index contributed by atoms with van der Waals surface area (Å²) in [4.78, 5) is 11.8. The number of esters is 1. The summed E-state index contributed by atoms with van der Waals surface area (Å²) in [7, 11) is 1.56. The van der Waals surface area contributed by atoms with Crippen LogP contribution >= 0.6 is 0 Å². The number of methoxy groups -OCH3 is 1. The van der Waals surface area contributed by atoms with Gasteiger partial charge in [-0.25, -0.2) is 0 Å². The van der Waals surface area contributed by atoms with Crippen LogP contribution < -0.4 is 14.2 Å². The minimum absolute atomic E-state index is 0.0567. The molecule has 2 saturated carbocycles. The highest BCUT2D eigenvalue weighted by molar-refractivity contribution is 5.79. The summed E-state index contributed by atoms with van der Waals surface area (Å²) in [5.41, 5.74) is 0. The summed E-state index contributed by atoms with van der Waals surface area (Å²) < 4.78 is 16.5. The highest BCUT2D eigenvalue weighted by atomic mass is 16.6. The maximum atomic E-state index is 11.8. The van der Waals surface area contributed by atoms with Crippen molar-refractivity contribution in [3.63, 3.8) is 0 Å². The third-order valence-corrected chi connectivity index (χ3v) is 3.45. The number of para-hydroxylation sites is 1. The summed E-state index contributed by atoms with van der Waals surface area (Å²) in [5.74, 6) is 2.09. The Morgan fingerprint density at radius 3 is 2.58 bits per heavy atom. The van der Waals surface area contributed by atoms with Crippen LogP contribution in [0.25, 0.3) is 0 Å². The van der Waals surface area contributed by atoms with Crippen LogP contribution in [-0.4, -0.2) is 19.7 Å². The number of ether oxygens (including phenoxy) is 3. The van der Waals surface area contributed by atoms with E-state index in [-0.39, 0.29) is 11.9 Å². The van der Waals surface area contributed by atoms with E-state index in [9.17, 15) is 4.79 Å². The van der Waals surface area contributed by atoms with Gasteiger partial charge >= 0.3 is 5.97 Å². The molecule has 0 aromatic heterocycles. The molecule has 3 rings (SSSR count). The third-order valence-electron chi connectivity index (χ3n) is 3.45. The lowest BCUT2D eigenvalue weighted by atomic mass is 10.3. The van der Waals surface area contributed by atoms with Crippen LogP contribution in [0, 0.1) is 11.8 Å². The van der Waals surface area contributed by atoms with Crippen LogP contribution in [0.15, 0.2) is 18.2 Å². The number of hydrogen-bond donors (Lipinski definition) is 0. The molecule has 2 aliphatic rings. The Morgan fingerprint density at radius 2 is 1.95 bits per heavy atom. The van der Waals surface area contributed by atoms with Gasteiger partial charge in [0.2, 0.25) is 5.75 Å². The van der Waals surface area contributed by atoms with Crippen molar-refractivity contribution in [2.24, 2.45) is 11.8 Å². The molecule has 1 aromatic carbocycles. The van der Waals surface area contributed by atoms with E-state index in [1.165, 1.54) is 12.8 Å². The predicted octanol–water partition coefficient (Wildman–Crippen LogP) is 2.80. The number of benzene rings is 1. The van der Waals surface area contributed by atoms with E-state index < -0.39 is 0 Å². The van der Waals surface area contributed by atoms with Gasteiger partial charge in [0.25, 0.3) is 0 Å². The molecular weight excluding hydrogens is 244 g/mol. The standard InChI is InChI=1S/C15H18O4/c1-17-12-3-2-4-13(18-9-10-5-6-10)14(12)19-15(16)11-7-8-11/h2-4,10-11H,5-9H2,1H3. The van der Waals surface area contributed by atoms with Crippen molar-refractivity contribution in [1.82, 2.24) is 0 Å². The second kappa shape index (κ2) is 5.11. The summed E-state index contributed by atoms with van der Waals surface area (Å²) >= 11 is 0. The largest absolute Gasteiger partial charge is 0.493 e. The minimum atomic E-state index is -0.180. The Balaban J connectivity index is 1.77. The van der Waals surface area contributed by atoms with E-state index >= 15 is 0 Å². The summed E-state index contributed by atoms with van der Waals surface area (Å²) in [6, 6.07) is 5.44. The quantitative estimate of drug-likeness (QED) is 0.584. The van der Waals surface area contributed by atoms with Gasteiger partial charge in [-0.15, -0.1) is 0 Å². The molecule has 2 fully saturated rings. The molecule has 1 aromatic rings. The van der Waals surface area contributed by atoms with Gasteiger partial charge in [0.15, 0.2) is 11.5 Å². The van der Waals surface area contributed by atoms with Gasteiger partial charge in [-0.1, -0.05) is 6.07 Å². The summed E-state index contributed by atoms with van der Waals surface area (Å²) in [5, 5.41) is 0. The highest BCUT2D eigenvalue weighted by Crippen LogP contribution is 2.40. The number of carbonyl (C=O) groups excluding carboxylic acids is 1. The summed E-state index contributed by atoms with van der Waals surface area (Å²) in [6.45, 7) is 0.682. The van der Waals surface area contributed by atoms with E-state index in [0.717, 1.165) is 12.8 Å². The highest BCUT2D eigenvalue weighted by Gasteiger charge is 2.33. The maximum Gasteiger partial charge on any atom is 0.314 e. The normalized spacial score (nSPS) is 17.9. The Morgan fingerprint density at radius 1 is 1.21 bits per heavy atom. The molecule has 4 nitrogen and oxygen atoms in total. The first-order chi connectivity index (χ1) is 9.28. The molecule has 19 heavy (non-hydrogen) atoms. The van der Waals surface area contributed by atoms with Crippen molar-refractivity contribution in [3.05, 3.63) is 18.2 Å². The smallest absolute Gasteiger partial charge is 0.314 e. The predicted molar refractivity (Wildman–Crippen MR) is 69.6 cm³/mol. The van der Waals surface area contributed by atoms with Crippen molar-refractivity contribution in [2.75, 3.05) is 13.7 Å². The fraction of sp³-hybridized carbons (Fsp3) is 0.533. The van der Waals surface area contributed by atoms with Gasteiger partial charge in [0, 0.05) is 0 Å². The first-order valence-corrected chi connectivity index (χ1v) is 6.79. The van der Waals surface area contributed by atoms with E-state index in [0.29, 0.717) is 29.8 Å². The maximum absolute atomic E-state index is 11.8. The Labute approximate surface area is 112 Å². The molecule has 0 heterocycles. The van der Waals surface area contributed by atoms with E-state index in [2.05, 4.69) is 0 Å². The van der Waals surface area contributed by atoms with Gasteiger partial charge in [0.05, 0.1) is 19.6 Å². The number of carbonyl (C=O) groups is 1. The average molecular weight is 262 g/mol. The minimum Gasteiger partial charge on any atom is -0.493 e. The average Bonchev–Trinajstić information content (AvgIpc) is 3.30. The molecule has 0 amide bonds. The molecule has 102 valence electrons.